The van der Waals surface area contributed by atoms with Gasteiger partial charge in [0, 0.05) is 52.9 Å². The van der Waals surface area contributed by atoms with Crippen molar-refractivity contribution in [3.05, 3.63) is 35.9 Å². The lowest BCUT2D eigenvalue weighted by Gasteiger charge is -2.36. The van der Waals surface area contributed by atoms with Gasteiger partial charge in [0.1, 0.15) is 0 Å². The summed E-state index contributed by atoms with van der Waals surface area (Å²) in [6.45, 7) is 2.88. The van der Waals surface area contributed by atoms with Gasteiger partial charge in [-0.3, -0.25) is 0 Å². The molecule has 1 aromatic rings. The predicted octanol–water partition coefficient (Wildman–Crippen LogP) is 1.17. The monoisotopic (exact) mass is 361 g/mol. The summed E-state index contributed by atoms with van der Waals surface area (Å²) in [5.74, 6) is 0. The number of nitrogens with zero attached hydrogens (tertiary/aromatic N) is 4. The molecule has 1 aromatic carbocycles. The van der Waals surface area contributed by atoms with Crippen LogP contribution in [0.25, 0.3) is 0 Å². The maximum Gasteiger partial charge on any atom is 0.319 e. The molecule has 1 saturated heterocycles. The number of nitrogens with one attached hydrogen (secondary N) is 1. The van der Waals surface area contributed by atoms with E-state index in [9.17, 15) is 9.59 Å². The molecule has 0 saturated carbocycles. The summed E-state index contributed by atoms with van der Waals surface area (Å²) in [6, 6.07) is 10.5. The number of urea groups is 2. The Morgan fingerprint density at radius 2 is 1.58 bits per heavy atom. The van der Waals surface area contributed by atoms with Gasteiger partial charge in [0.15, 0.2) is 0 Å². The second-order valence-electron chi connectivity index (χ2n) is 7.14. The third-order valence-corrected chi connectivity index (χ3v) is 4.75. The molecule has 0 aromatic heterocycles. The minimum atomic E-state index is -0.0538. The van der Waals surface area contributed by atoms with Gasteiger partial charge in [-0.1, -0.05) is 30.3 Å². The molecule has 1 atom stereocenters. The van der Waals surface area contributed by atoms with E-state index in [4.69, 9.17) is 0 Å². The molecule has 1 N–H and O–H groups in total. The van der Waals surface area contributed by atoms with Crippen LogP contribution in [0.3, 0.4) is 0 Å². The van der Waals surface area contributed by atoms with E-state index in [1.165, 1.54) is 5.56 Å². The summed E-state index contributed by atoms with van der Waals surface area (Å²) in [5, 5.41) is 3.05. The number of carbonyl (C=O) groups excluding carboxylic acids is 2. The summed E-state index contributed by atoms with van der Waals surface area (Å²) in [7, 11) is 7.56. The average Bonchev–Trinajstić information content (AvgIpc) is 2.64. The molecule has 2 rings (SSSR count). The van der Waals surface area contributed by atoms with Crippen molar-refractivity contribution in [2.24, 2.45) is 0 Å². The Morgan fingerprint density at radius 3 is 2.12 bits per heavy atom. The fourth-order valence-electron chi connectivity index (χ4n) is 3.02. The Labute approximate surface area is 156 Å². The zero-order chi connectivity index (χ0) is 19.1. The third-order valence-electron chi connectivity index (χ3n) is 4.75. The molecule has 1 unspecified atom stereocenters. The predicted molar refractivity (Wildman–Crippen MR) is 103 cm³/mol. The average molecular weight is 361 g/mol. The van der Waals surface area contributed by atoms with Crippen molar-refractivity contribution in [2.45, 2.75) is 12.5 Å². The highest BCUT2D eigenvalue weighted by Crippen LogP contribution is 2.08. The van der Waals surface area contributed by atoms with Crippen molar-refractivity contribution in [1.29, 1.82) is 0 Å². The molecule has 0 bridgehead atoms. The fraction of sp³-hybridized carbons (Fsp3) is 0.579. The molecular formula is C19H31N5O2. The van der Waals surface area contributed by atoms with Crippen LogP contribution < -0.4 is 5.32 Å². The molecule has 1 fully saturated rings. The topological polar surface area (TPSA) is 59.1 Å². The van der Waals surface area contributed by atoms with E-state index < -0.39 is 0 Å². The molecule has 0 radical (unpaired) electrons. The maximum absolute atomic E-state index is 12.5. The molecule has 26 heavy (non-hydrogen) atoms. The summed E-state index contributed by atoms with van der Waals surface area (Å²) >= 11 is 0. The number of hydrogen-bond donors (Lipinski definition) is 1. The molecule has 4 amide bonds. The van der Waals surface area contributed by atoms with Gasteiger partial charge in [-0.15, -0.1) is 0 Å². The highest BCUT2D eigenvalue weighted by atomic mass is 16.2. The number of hydrogen-bond acceptors (Lipinski definition) is 3. The second kappa shape index (κ2) is 9.43. The van der Waals surface area contributed by atoms with Crippen LogP contribution in [-0.2, 0) is 6.42 Å². The Hall–Kier alpha value is -2.28. The van der Waals surface area contributed by atoms with Gasteiger partial charge in [-0.2, -0.15) is 0 Å². The van der Waals surface area contributed by atoms with Crippen LogP contribution in [0.1, 0.15) is 5.56 Å². The molecule has 0 spiro atoms. The van der Waals surface area contributed by atoms with Crippen LogP contribution in [0.2, 0.25) is 0 Å². The second-order valence-corrected chi connectivity index (χ2v) is 7.14. The lowest BCUT2D eigenvalue weighted by molar-refractivity contribution is 0.128. The SMILES string of the molecule is CN(C)C(=O)N1CCN(C(=O)NCC(Cc2ccccc2)N(C)C)CC1. The number of amides is 4. The first-order valence-corrected chi connectivity index (χ1v) is 9.08. The lowest BCUT2D eigenvalue weighted by Crippen LogP contribution is -2.55. The minimum Gasteiger partial charge on any atom is -0.336 e. The fourth-order valence-corrected chi connectivity index (χ4v) is 3.02. The summed E-state index contributed by atoms with van der Waals surface area (Å²) in [6.07, 6.45) is 0.888. The zero-order valence-corrected chi connectivity index (χ0v) is 16.3. The highest BCUT2D eigenvalue weighted by Gasteiger charge is 2.25. The van der Waals surface area contributed by atoms with E-state index in [1.54, 1.807) is 28.8 Å². The van der Waals surface area contributed by atoms with Crippen molar-refractivity contribution < 1.29 is 9.59 Å². The van der Waals surface area contributed by atoms with E-state index >= 15 is 0 Å². The quantitative estimate of drug-likeness (QED) is 0.856. The summed E-state index contributed by atoms with van der Waals surface area (Å²) in [4.78, 5) is 31.7. The van der Waals surface area contributed by atoms with E-state index in [2.05, 4.69) is 22.3 Å². The summed E-state index contributed by atoms with van der Waals surface area (Å²) in [5.41, 5.74) is 1.26. The third kappa shape index (κ3) is 5.62. The smallest absolute Gasteiger partial charge is 0.319 e. The van der Waals surface area contributed by atoms with Crippen LogP contribution in [0, 0.1) is 0 Å². The molecule has 7 nitrogen and oxygen atoms in total. The van der Waals surface area contributed by atoms with Crippen molar-refractivity contribution >= 4 is 12.1 Å². The number of likely N-dealkylation sites (N-methyl/N-ethyl adjacent to an activating group) is 1. The largest absolute Gasteiger partial charge is 0.336 e. The van der Waals surface area contributed by atoms with Gasteiger partial charge in [0.2, 0.25) is 0 Å². The van der Waals surface area contributed by atoms with E-state index in [0.29, 0.717) is 32.7 Å². The van der Waals surface area contributed by atoms with Crippen molar-refractivity contribution in [2.75, 3.05) is 60.9 Å². The molecule has 1 aliphatic rings. The van der Waals surface area contributed by atoms with Crippen LogP contribution in [0.4, 0.5) is 9.59 Å². The first kappa shape index (κ1) is 20.0. The molecule has 144 valence electrons. The molecule has 1 heterocycles. The Balaban J connectivity index is 1.80. The standard InChI is InChI=1S/C19H31N5O2/c1-21(2)17(14-16-8-6-5-7-9-16)15-20-18(25)23-10-12-24(13-11-23)19(26)22(3)4/h5-9,17H,10-15H2,1-4H3,(H,20,25). The van der Waals surface area contributed by atoms with Crippen LogP contribution in [-0.4, -0.2) is 98.6 Å². The first-order valence-electron chi connectivity index (χ1n) is 9.08. The number of benzene rings is 1. The lowest BCUT2D eigenvalue weighted by atomic mass is 10.1. The van der Waals surface area contributed by atoms with Gasteiger partial charge in [-0.25, -0.2) is 9.59 Å². The van der Waals surface area contributed by atoms with Crippen LogP contribution in [0.15, 0.2) is 30.3 Å². The van der Waals surface area contributed by atoms with Crippen molar-refractivity contribution in [3.8, 4) is 0 Å². The molecule has 0 aliphatic carbocycles. The Bertz CT molecular complexity index is 583. The normalized spacial score (nSPS) is 15.7. The Morgan fingerprint density at radius 1 is 1.00 bits per heavy atom. The molecule has 1 aliphatic heterocycles. The summed E-state index contributed by atoms with van der Waals surface area (Å²) < 4.78 is 0. The van der Waals surface area contributed by atoms with E-state index in [-0.39, 0.29) is 18.1 Å². The maximum atomic E-state index is 12.5. The Kier molecular flexibility index (Phi) is 7.26. The molecular weight excluding hydrogens is 330 g/mol. The highest BCUT2D eigenvalue weighted by molar-refractivity contribution is 5.76. The van der Waals surface area contributed by atoms with Gasteiger partial charge < -0.3 is 24.9 Å². The van der Waals surface area contributed by atoms with Crippen molar-refractivity contribution in [1.82, 2.24) is 24.9 Å². The van der Waals surface area contributed by atoms with Gasteiger partial charge >= 0.3 is 12.1 Å². The number of rotatable bonds is 5. The van der Waals surface area contributed by atoms with Gasteiger partial charge in [0.25, 0.3) is 0 Å². The zero-order valence-electron chi connectivity index (χ0n) is 16.3. The first-order chi connectivity index (χ1) is 12.4. The van der Waals surface area contributed by atoms with E-state index in [0.717, 1.165) is 6.42 Å². The number of piperazine rings is 1. The van der Waals surface area contributed by atoms with E-state index in [1.807, 2.05) is 32.3 Å². The van der Waals surface area contributed by atoms with Crippen LogP contribution in [0.5, 0.6) is 0 Å². The molecule has 7 heteroatoms. The minimum absolute atomic E-state index is 0.000547. The van der Waals surface area contributed by atoms with Gasteiger partial charge in [-0.05, 0) is 26.1 Å². The van der Waals surface area contributed by atoms with Gasteiger partial charge in [0.05, 0.1) is 0 Å². The number of carbonyl (C=O) groups is 2. The van der Waals surface area contributed by atoms with Crippen molar-refractivity contribution in [3.63, 3.8) is 0 Å². The van der Waals surface area contributed by atoms with Crippen LogP contribution >= 0.6 is 0 Å².